The molecule has 3 aromatic rings. The predicted molar refractivity (Wildman–Crippen MR) is 142 cm³/mol. The first-order valence-corrected chi connectivity index (χ1v) is 13.5. The van der Waals surface area contributed by atoms with Crippen LogP contribution in [-0.4, -0.2) is 44.8 Å². The highest BCUT2D eigenvalue weighted by Crippen LogP contribution is 2.33. The fraction of sp³-hybridized carbons (Fsp3) is 0.286. The Labute approximate surface area is 226 Å². The van der Waals surface area contributed by atoms with Gasteiger partial charge in [-0.25, -0.2) is 8.42 Å². The number of alkyl halides is 3. The molecule has 39 heavy (non-hydrogen) atoms. The van der Waals surface area contributed by atoms with Gasteiger partial charge in [0, 0.05) is 13.6 Å². The van der Waals surface area contributed by atoms with Crippen molar-refractivity contribution in [3.05, 3.63) is 95.1 Å². The summed E-state index contributed by atoms with van der Waals surface area (Å²) in [7, 11) is -3.07. The highest BCUT2D eigenvalue weighted by Gasteiger charge is 2.35. The molecular formula is C28H30F3N3O4S. The number of nitrogens with one attached hydrogen (secondary N) is 1. The molecule has 0 heterocycles. The van der Waals surface area contributed by atoms with Crippen LogP contribution in [0.15, 0.2) is 77.7 Å². The molecule has 0 aliphatic rings. The van der Waals surface area contributed by atoms with Gasteiger partial charge in [-0.1, -0.05) is 48.0 Å². The van der Waals surface area contributed by atoms with Crippen LogP contribution in [-0.2, 0) is 32.3 Å². The molecule has 0 unspecified atom stereocenters. The molecule has 7 nitrogen and oxygen atoms in total. The summed E-state index contributed by atoms with van der Waals surface area (Å²) < 4.78 is 68.6. The Morgan fingerprint density at radius 3 is 2.18 bits per heavy atom. The molecule has 2 amide bonds. The summed E-state index contributed by atoms with van der Waals surface area (Å²) in [5, 5.41) is 2.48. The minimum Gasteiger partial charge on any atom is -0.357 e. The second kappa shape index (κ2) is 11.9. The smallest absolute Gasteiger partial charge is 0.357 e. The van der Waals surface area contributed by atoms with Crippen LogP contribution in [0.5, 0.6) is 0 Å². The van der Waals surface area contributed by atoms with Crippen LogP contribution in [0.1, 0.15) is 29.2 Å². The fourth-order valence-corrected chi connectivity index (χ4v) is 5.37. The molecule has 3 aromatic carbocycles. The number of likely N-dealkylation sites (N-methyl/N-ethyl adjacent to an activating group) is 1. The Bertz CT molecular complexity index is 1440. The quantitative estimate of drug-likeness (QED) is 0.411. The van der Waals surface area contributed by atoms with Crippen molar-refractivity contribution in [1.29, 1.82) is 0 Å². The Hall–Kier alpha value is -3.86. The number of hydrogen-bond acceptors (Lipinski definition) is 4. The molecule has 0 bridgehead atoms. The molecule has 0 fully saturated rings. The van der Waals surface area contributed by atoms with Crippen molar-refractivity contribution in [3.8, 4) is 0 Å². The van der Waals surface area contributed by atoms with Crippen LogP contribution in [0.2, 0.25) is 0 Å². The topological polar surface area (TPSA) is 86.8 Å². The molecule has 1 N–H and O–H groups in total. The third-order valence-corrected chi connectivity index (χ3v) is 8.15. The van der Waals surface area contributed by atoms with E-state index in [0.29, 0.717) is 10.4 Å². The maximum atomic E-state index is 13.7. The normalized spacial score (nSPS) is 12.5. The van der Waals surface area contributed by atoms with Gasteiger partial charge in [-0.2, -0.15) is 13.2 Å². The largest absolute Gasteiger partial charge is 0.416 e. The molecule has 208 valence electrons. The van der Waals surface area contributed by atoms with Crippen LogP contribution < -0.4 is 9.62 Å². The summed E-state index contributed by atoms with van der Waals surface area (Å²) in [6.45, 7) is 4.25. The molecule has 0 saturated carbocycles. The Morgan fingerprint density at radius 1 is 0.949 bits per heavy atom. The van der Waals surface area contributed by atoms with Gasteiger partial charge in [0.2, 0.25) is 11.8 Å². The van der Waals surface area contributed by atoms with Crippen molar-refractivity contribution < 1.29 is 31.2 Å². The van der Waals surface area contributed by atoms with E-state index in [2.05, 4.69) is 5.32 Å². The first-order chi connectivity index (χ1) is 18.3. The van der Waals surface area contributed by atoms with Gasteiger partial charge < -0.3 is 10.2 Å². The number of hydrogen-bond donors (Lipinski definition) is 1. The van der Waals surface area contributed by atoms with Crippen molar-refractivity contribution in [2.24, 2.45) is 0 Å². The monoisotopic (exact) mass is 561 g/mol. The number of carbonyl (C=O) groups excluding carboxylic acids is 2. The number of rotatable bonds is 9. The summed E-state index contributed by atoms with van der Waals surface area (Å²) in [4.78, 5) is 27.3. The van der Waals surface area contributed by atoms with Crippen molar-refractivity contribution in [3.63, 3.8) is 0 Å². The summed E-state index contributed by atoms with van der Waals surface area (Å²) in [6, 6.07) is 15.7. The molecule has 0 aliphatic heterocycles. The van der Waals surface area contributed by atoms with Crippen molar-refractivity contribution in [1.82, 2.24) is 10.2 Å². The molecule has 0 saturated heterocycles. The number of benzene rings is 3. The zero-order chi connectivity index (χ0) is 29.0. The first-order valence-electron chi connectivity index (χ1n) is 12.1. The van der Waals surface area contributed by atoms with Gasteiger partial charge in [0.1, 0.15) is 12.6 Å². The van der Waals surface area contributed by atoms with E-state index >= 15 is 0 Å². The minimum absolute atomic E-state index is 0.0128. The van der Waals surface area contributed by atoms with E-state index < -0.39 is 46.2 Å². The second-order valence-corrected chi connectivity index (χ2v) is 11.0. The predicted octanol–water partition coefficient (Wildman–Crippen LogP) is 4.68. The average Bonchev–Trinajstić information content (AvgIpc) is 2.90. The van der Waals surface area contributed by atoms with E-state index in [0.717, 1.165) is 28.8 Å². The van der Waals surface area contributed by atoms with Gasteiger partial charge in [0.15, 0.2) is 0 Å². The lowest BCUT2D eigenvalue weighted by atomic mass is 10.1. The van der Waals surface area contributed by atoms with Gasteiger partial charge in [-0.05, 0) is 62.2 Å². The van der Waals surface area contributed by atoms with E-state index in [1.54, 1.807) is 31.2 Å². The highest BCUT2D eigenvalue weighted by atomic mass is 32.2. The second-order valence-electron chi connectivity index (χ2n) is 9.11. The number of sulfonamides is 1. The third-order valence-electron chi connectivity index (χ3n) is 6.36. The third kappa shape index (κ3) is 6.97. The Balaban J connectivity index is 2.11. The number of halogens is 3. The number of carbonyl (C=O) groups is 2. The maximum absolute atomic E-state index is 13.7. The number of amides is 2. The first kappa shape index (κ1) is 29.7. The van der Waals surface area contributed by atoms with E-state index in [1.807, 2.05) is 19.1 Å². The number of anilines is 1. The van der Waals surface area contributed by atoms with Gasteiger partial charge >= 0.3 is 6.18 Å². The lowest BCUT2D eigenvalue weighted by Gasteiger charge is -2.32. The standard InChI is InChI=1S/C28H30F3N3O4S/c1-19-12-14-25(15-13-19)39(37,38)34(24-11-7-10-23(16-24)28(29,30)31)18-26(35)33(21(3)27(36)32-4)17-22-9-6-5-8-20(22)2/h5-16,21H,17-18H2,1-4H3,(H,32,36)/t21-/m0/s1. The van der Waals surface area contributed by atoms with E-state index in [-0.39, 0.29) is 17.1 Å². The van der Waals surface area contributed by atoms with Crippen LogP contribution in [0.25, 0.3) is 0 Å². The Morgan fingerprint density at radius 2 is 1.59 bits per heavy atom. The summed E-state index contributed by atoms with van der Waals surface area (Å²) in [6.07, 6.45) is -4.73. The molecule has 0 aliphatic carbocycles. The molecule has 0 spiro atoms. The van der Waals surface area contributed by atoms with Gasteiger partial charge in [-0.3, -0.25) is 13.9 Å². The number of nitrogens with zero attached hydrogens (tertiary/aromatic N) is 2. The molecular weight excluding hydrogens is 531 g/mol. The van der Waals surface area contributed by atoms with Crippen LogP contribution in [0.4, 0.5) is 18.9 Å². The van der Waals surface area contributed by atoms with Crippen molar-refractivity contribution in [2.45, 2.75) is 44.4 Å². The van der Waals surface area contributed by atoms with E-state index in [4.69, 9.17) is 0 Å². The zero-order valence-electron chi connectivity index (χ0n) is 22.0. The van der Waals surface area contributed by atoms with Gasteiger partial charge in [0.25, 0.3) is 10.0 Å². The zero-order valence-corrected chi connectivity index (χ0v) is 22.8. The van der Waals surface area contributed by atoms with Gasteiger partial charge in [-0.15, -0.1) is 0 Å². The summed E-state index contributed by atoms with van der Waals surface area (Å²) in [5.74, 6) is -1.24. The van der Waals surface area contributed by atoms with Crippen molar-refractivity contribution in [2.75, 3.05) is 17.9 Å². The number of aryl methyl sites for hydroxylation is 2. The van der Waals surface area contributed by atoms with Crippen LogP contribution in [0, 0.1) is 13.8 Å². The van der Waals surface area contributed by atoms with Gasteiger partial charge in [0.05, 0.1) is 16.1 Å². The Kier molecular flexibility index (Phi) is 9.06. The molecule has 3 rings (SSSR count). The van der Waals surface area contributed by atoms with E-state index in [9.17, 15) is 31.2 Å². The summed E-state index contributed by atoms with van der Waals surface area (Å²) in [5.41, 5.74) is 0.962. The lowest BCUT2D eigenvalue weighted by Crippen LogP contribution is -2.50. The van der Waals surface area contributed by atoms with Crippen molar-refractivity contribution >= 4 is 27.5 Å². The highest BCUT2D eigenvalue weighted by molar-refractivity contribution is 7.92. The average molecular weight is 562 g/mol. The summed E-state index contributed by atoms with van der Waals surface area (Å²) >= 11 is 0. The van der Waals surface area contributed by atoms with Crippen LogP contribution >= 0.6 is 0 Å². The maximum Gasteiger partial charge on any atom is 0.416 e. The fourth-order valence-electron chi connectivity index (χ4n) is 3.97. The lowest BCUT2D eigenvalue weighted by molar-refractivity contribution is -0.139. The van der Waals surface area contributed by atoms with E-state index in [1.165, 1.54) is 37.1 Å². The minimum atomic E-state index is -4.73. The SMILES string of the molecule is CNC(=O)[C@H](C)N(Cc1ccccc1C)C(=O)CN(c1cccc(C(F)(F)F)c1)S(=O)(=O)c1ccc(C)cc1. The van der Waals surface area contributed by atoms with Crippen LogP contribution in [0.3, 0.4) is 0 Å². The molecule has 1 atom stereocenters. The molecule has 0 radical (unpaired) electrons. The molecule has 11 heteroatoms. The molecule has 0 aromatic heterocycles.